The van der Waals surface area contributed by atoms with Crippen LogP contribution in [0.1, 0.15) is 19.5 Å². The van der Waals surface area contributed by atoms with Crippen LogP contribution in [0.3, 0.4) is 0 Å². The molecule has 0 aliphatic carbocycles. The zero-order chi connectivity index (χ0) is 12.4. The van der Waals surface area contributed by atoms with Crippen molar-refractivity contribution >= 4 is 31.9 Å². The number of nitrogens with zero attached hydrogens (tertiary/aromatic N) is 2. The zero-order valence-electron chi connectivity index (χ0n) is 9.87. The minimum absolute atomic E-state index is 0.870. The molecule has 0 saturated carbocycles. The van der Waals surface area contributed by atoms with Crippen molar-refractivity contribution in [3.63, 3.8) is 0 Å². The van der Waals surface area contributed by atoms with Gasteiger partial charge in [-0.15, -0.1) is 0 Å². The molecule has 0 spiro atoms. The smallest absolute Gasteiger partial charge is 0.0838 e. The Labute approximate surface area is 118 Å². The van der Waals surface area contributed by atoms with Gasteiger partial charge in [0.2, 0.25) is 0 Å². The first-order valence-electron chi connectivity index (χ1n) is 5.69. The van der Waals surface area contributed by atoms with E-state index < -0.39 is 0 Å². The normalized spacial score (nSPS) is 10.8. The fraction of sp³-hybridized carbons (Fsp3) is 0.308. The molecule has 0 amide bonds. The number of halogens is 2. The molecule has 0 N–H and O–H groups in total. The van der Waals surface area contributed by atoms with Crippen LogP contribution in [0.15, 0.2) is 33.2 Å². The molecule has 0 fully saturated rings. The molecule has 1 aromatic heterocycles. The summed E-state index contributed by atoms with van der Waals surface area (Å²) in [5.41, 5.74) is 3.43. The second-order valence-corrected chi connectivity index (χ2v) is 5.41. The predicted molar refractivity (Wildman–Crippen MR) is 78.1 cm³/mol. The fourth-order valence-electron chi connectivity index (χ4n) is 1.85. The van der Waals surface area contributed by atoms with Crippen molar-refractivity contribution in [1.82, 2.24) is 9.78 Å². The van der Waals surface area contributed by atoms with Gasteiger partial charge in [0.15, 0.2) is 0 Å². The van der Waals surface area contributed by atoms with E-state index in [0.29, 0.717) is 0 Å². The Kier molecular flexibility index (Phi) is 4.05. The topological polar surface area (TPSA) is 17.8 Å². The monoisotopic (exact) mass is 356 g/mol. The van der Waals surface area contributed by atoms with Crippen molar-refractivity contribution in [1.29, 1.82) is 0 Å². The Balaban J connectivity index is 2.66. The average Bonchev–Trinajstić information content (AvgIpc) is 2.66. The van der Waals surface area contributed by atoms with Crippen molar-refractivity contribution < 1.29 is 0 Å². The predicted octanol–water partition coefficient (Wildman–Crippen LogP) is 4.66. The van der Waals surface area contributed by atoms with Gasteiger partial charge in [-0.2, -0.15) is 5.10 Å². The summed E-state index contributed by atoms with van der Waals surface area (Å²) in [4.78, 5) is 0. The van der Waals surface area contributed by atoms with Gasteiger partial charge in [-0.3, -0.25) is 4.68 Å². The molecule has 1 aromatic carbocycles. The Morgan fingerprint density at radius 2 is 1.88 bits per heavy atom. The van der Waals surface area contributed by atoms with Gasteiger partial charge in [0.1, 0.15) is 0 Å². The van der Waals surface area contributed by atoms with E-state index in [1.807, 2.05) is 16.8 Å². The second-order valence-electron chi connectivity index (χ2n) is 3.76. The summed E-state index contributed by atoms with van der Waals surface area (Å²) in [7, 11) is 0. The molecule has 0 aliphatic rings. The Morgan fingerprint density at radius 3 is 2.47 bits per heavy atom. The number of benzene rings is 1. The SMILES string of the molecule is CCc1nn(CC)c(-c2ccccc2Br)c1Br. The lowest BCUT2D eigenvalue weighted by molar-refractivity contribution is 0.655. The van der Waals surface area contributed by atoms with E-state index in [-0.39, 0.29) is 0 Å². The third kappa shape index (κ3) is 2.33. The Hall–Kier alpha value is -0.610. The van der Waals surface area contributed by atoms with Gasteiger partial charge < -0.3 is 0 Å². The molecular weight excluding hydrogens is 344 g/mol. The number of aryl methyl sites for hydroxylation is 2. The van der Waals surface area contributed by atoms with Crippen molar-refractivity contribution in [2.24, 2.45) is 0 Å². The molecule has 0 aliphatic heterocycles. The summed E-state index contributed by atoms with van der Waals surface area (Å²) in [5.74, 6) is 0. The highest BCUT2D eigenvalue weighted by Crippen LogP contribution is 2.35. The Bertz CT molecular complexity index is 532. The van der Waals surface area contributed by atoms with E-state index in [0.717, 1.165) is 33.3 Å². The standard InChI is InChI=1S/C13H14Br2N2/c1-3-11-12(15)13(17(4-2)16-11)9-7-5-6-8-10(9)14/h5-8H,3-4H2,1-2H3. The first-order chi connectivity index (χ1) is 8.19. The minimum atomic E-state index is 0.870. The largest absolute Gasteiger partial charge is 0.264 e. The van der Waals surface area contributed by atoms with Crippen LogP contribution in [0, 0.1) is 0 Å². The van der Waals surface area contributed by atoms with E-state index in [1.165, 1.54) is 5.56 Å². The Morgan fingerprint density at radius 1 is 1.18 bits per heavy atom. The van der Waals surface area contributed by atoms with Gasteiger partial charge in [0.25, 0.3) is 0 Å². The van der Waals surface area contributed by atoms with Gasteiger partial charge in [0, 0.05) is 16.6 Å². The maximum atomic E-state index is 4.61. The van der Waals surface area contributed by atoms with Crippen molar-refractivity contribution in [3.05, 3.63) is 38.9 Å². The molecule has 90 valence electrons. The molecule has 1 heterocycles. The van der Waals surface area contributed by atoms with Crippen LogP contribution in [0.2, 0.25) is 0 Å². The van der Waals surface area contributed by atoms with E-state index in [9.17, 15) is 0 Å². The summed E-state index contributed by atoms with van der Waals surface area (Å²) in [6.45, 7) is 5.10. The van der Waals surface area contributed by atoms with Crippen LogP contribution >= 0.6 is 31.9 Å². The number of aromatic nitrogens is 2. The highest BCUT2D eigenvalue weighted by Gasteiger charge is 2.16. The molecule has 0 saturated heterocycles. The molecule has 0 radical (unpaired) electrons. The van der Waals surface area contributed by atoms with Gasteiger partial charge in [0.05, 0.1) is 15.9 Å². The molecule has 0 unspecified atom stereocenters. The van der Waals surface area contributed by atoms with Gasteiger partial charge in [-0.05, 0) is 35.3 Å². The molecule has 0 bridgehead atoms. The van der Waals surface area contributed by atoms with Crippen LogP contribution in [0.5, 0.6) is 0 Å². The zero-order valence-corrected chi connectivity index (χ0v) is 13.0. The molecule has 2 nitrogen and oxygen atoms in total. The summed E-state index contributed by atoms with van der Waals surface area (Å²) < 4.78 is 4.25. The lowest BCUT2D eigenvalue weighted by Crippen LogP contribution is -2.00. The highest BCUT2D eigenvalue weighted by atomic mass is 79.9. The van der Waals surface area contributed by atoms with Crippen molar-refractivity contribution in [2.75, 3.05) is 0 Å². The van der Waals surface area contributed by atoms with Crippen molar-refractivity contribution in [2.45, 2.75) is 26.8 Å². The first-order valence-corrected chi connectivity index (χ1v) is 7.27. The molecule has 17 heavy (non-hydrogen) atoms. The fourth-order valence-corrected chi connectivity index (χ4v) is 3.11. The van der Waals surface area contributed by atoms with Gasteiger partial charge in [-0.25, -0.2) is 0 Å². The van der Waals surface area contributed by atoms with Crippen molar-refractivity contribution in [3.8, 4) is 11.3 Å². The average molecular weight is 358 g/mol. The second kappa shape index (κ2) is 5.36. The number of rotatable bonds is 3. The molecule has 2 aromatic rings. The number of hydrogen-bond acceptors (Lipinski definition) is 1. The first kappa shape index (κ1) is 12.8. The third-order valence-corrected chi connectivity index (χ3v) is 4.25. The lowest BCUT2D eigenvalue weighted by atomic mass is 10.1. The van der Waals surface area contributed by atoms with Crippen LogP contribution in [-0.2, 0) is 13.0 Å². The van der Waals surface area contributed by atoms with E-state index >= 15 is 0 Å². The van der Waals surface area contributed by atoms with Gasteiger partial charge in [-0.1, -0.05) is 41.1 Å². The van der Waals surface area contributed by atoms with Crippen LogP contribution in [0.25, 0.3) is 11.3 Å². The molecule has 2 rings (SSSR count). The molecular formula is C13H14Br2N2. The van der Waals surface area contributed by atoms with Crippen LogP contribution < -0.4 is 0 Å². The lowest BCUT2D eigenvalue weighted by Gasteiger charge is -2.07. The summed E-state index contributed by atoms with van der Waals surface area (Å²) >= 11 is 7.27. The summed E-state index contributed by atoms with van der Waals surface area (Å²) in [6.07, 6.45) is 0.936. The molecule has 4 heteroatoms. The maximum absolute atomic E-state index is 4.61. The molecule has 0 atom stereocenters. The quantitative estimate of drug-likeness (QED) is 0.781. The van der Waals surface area contributed by atoms with E-state index in [2.05, 4.69) is 62.9 Å². The van der Waals surface area contributed by atoms with E-state index in [4.69, 9.17) is 0 Å². The van der Waals surface area contributed by atoms with E-state index in [1.54, 1.807) is 0 Å². The highest BCUT2D eigenvalue weighted by molar-refractivity contribution is 9.11. The van der Waals surface area contributed by atoms with Crippen LogP contribution in [-0.4, -0.2) is 9.78 Å². The van der Waals surface area contributed by atoms with Gasteiger partial charge >= 0.3 is 0 Å². The minimum Gasteiger partial charge on any atom is -0.264 e. The number of hydrogen-bond donors (Lipinski definition) is 0. The summed E-state index contributed by atoms with van der Waals surface area (Å²) in [5, 5.41) is 4.61. The third-order valence-electron chi connectivity index (χ3n) is 2.72. The van der Waals surface area contributed by atoms with Crippen LogP contribution in [0.4, 0.5) is 0 Å². The maximum Gasteiger partial charge on any atom is 0.0838 e. The summed E-state index contributed by atoms with van der Waals surface area (Å²) in [6, 6.07) is 8.23.